The second-order valence-electron chi connectivity index (χ2n) is 4.29. The lowest BCUT2D eigenvalue weighted by atomic mass is 10.1. The van der Waals surface area contributed by atoms with E-state index in [4.69, 9.17) is 5.11 Å². The van der Waals surface area contributed by atoms with Crippen LogP contribution in [0.3, 0.4) is 0 Å². The van der Waals surface area contributed by atoms with Gasteiger partial charge in [0.25, 0.3) is 0 Å². The summed E-state index contributed by atoms with van der Waals surface area (Å²) in [4.78, 5) is 19.4. The third kappa shape index (κ3) is 2.80. The number of aromatic carboxylic acids is 1. The molecule has 21 heavy (non-hydrogen) atoms. The number of hydrogen-bond donors (Lipinski definition) is 1. The smallest absolute Gasteiger partial charge is 0.335 e. The third-order valence-corrected chi connectivity index (χ3v) is 3.74. The summed E-state index contributed by atoms with van der Waals surface area (Å²) in [7, 11) is 0. The lowest BCUT2D eigenvalue weighted by molar-refractivity contribution is 0.0697. The Bertz CT molecular complexity index is 799. The molecule has 0 aliphatic heterocycles. The molecule has 6 heteroatoms. The number of halogens is 1. The third-order valence-electron chi connectivity index (χ3n) is 2.85. The first-order valence-electron chi connectivity index (χ1n) is 6.04. The van der Waals surface area contributed by atoms with Crippen LogP contribution < -0.4 is 0 Å². The normalized spacial score (nSPS) is 10.5. The van der Waals surface area contributed by atoms with Gasteiger partial charge in [0.05, 0.1) is 17.5 Å². The summed E-state index contributed by atoms with van der Waals surface area (Å²) in [6, 6.07) is 9.46. The number of thiazole rings is 1. The summed E-state index contributed by atoms with van der Waals surface area (Å²) in [6.45, 7) is 0. The van der Waals surface area contributed by atoms with Gasteiger partial charge in [0.2, 0.25) is 0 Å². The van der Waals surface area contributed by atoms with Crippen molar-refractivity contribution in [2.75, 3.05) is 0 Å². The Labute approximate surface area is 123 Å². The van der Waals surface area contributed by atoms with E-state index in [9.17, 15) is 9.18 Å². The van der Waals surface area contributed by atoms with Crippen LogP contribution in [0.2, 0.25) is 0 Å². The van der Waals surface area contributed by atoms with E-state index in [0.29, 0.717) is 16.4 Å². The van der Waals surface area contributed by atoms with Gasteiger partial charge in [-0.1, -0.05) is 12.1 Å². The lowest BCUT2D eigenvalue weighted by Crippen LogP contribution is -1.95. The maximum Gasteiger partial charge on any atom is 0.335 e. The Morgan fingerprint density at radius 1 is 1.19 bits per heavy atom. The molecule has 0 bridgehead atoms. The van der Waals surface area contributed by atoms with Gasteiger partial charge in [0, 0.05) is 10.9 Å². The molecule has 0 saturated carbocycles. The molecule has 3 rings (SSSR count). The van der Waals surface area contributed by atoms with E-state index in [1.165, 1.54) is 23.5 Å². The van der Waals surface area contributed by atoms with Gasteiger partial charge < -0.3 is 5.11 Å². The van der Waals surface area contributed by atoms with Gasteiger partial charge in [0.1, 0.15) is 16.5 Å². The highest BCUT2D eigenvalue weighted by Crippen LogP contribution is 2.28. The molecular weight excluding hydrogens is 291 g/mol. The molecule has 2 aromatic heterocycles. The molecule has 0 radical (unpaired) electrons. The van der Waals surface area contributed by atoms with Crippen molar-refractivity contribution in [1.29, 1.82) is 0 Å². The fraction of sp³-hybridized carbons (Fsp3) is 0. The minimum atomic E-state index is -0.978. The number of carboxylic acid groups (broad SMARTS) is 1. The maximum atomic E-state index is 12.9. The van der Waals surface area contributed by atoms with Gasteiger partial charge in [-0.15, -0.1) is 11.3 Å². The van der Waals surface area contributed by atoms with Crippen LogP contribution in [0.5, 0.6) is 0 Å². The molecule has 1 aromatic carbocycles. The Balaban J connectivity index is 1.96. The van der Waals surface area contributed by atoms with Crippen LogP contribution in [0.4, 0.5) is 4.39 Å². The van der Waals surface area contributed by atoms with E-state index < -0.39 is 11.8 Å². The predicted molar refractivity (Wildman–Crippen MR) is 77.7 cm³/mol. The standard InChI is InChI=1S/C15H9FN2O2S/c16-11-4-5-12(17-7-11)13-8-21-14(18-13)9-2-1-3-10(6-9)15(19)20/h1-8H,(H,19,20). The molecule has 2 heterocycles. The Morgan fingerprint density at radius 2 is 2.05 bits per heavy atom. The number of carboxylic acids is 1. The van der Waals surface area contributed by atoms with Crippen molar-refractivity contribution in [3.05, 3.63) is 59.4 Å². The first-order chi connectivity index (χ1) is 10.1. The van der Waals surface area contributed by atoms with Gasteiger partial charge in [-0.3, -0.25) is 4.98 Å². The van der Waals surface area contributed by atoms with E-state index in [1.54, 1.807) is 24.3 Å². The average molecular weight is 300 g/mol. The van der Waals surface area contributed by atoms with Gasteiger partial charge in [-0.2, -0.15) is 0 Å². The fourth-order valence-corrected chi connectivity index (χ4v) is 2.65. The summed E-state index contributed by atoms with van der Waals surface area (Å²) in [5.74, 6) is -1.38. The zero-order valence-electron chi connectivity index (χ0n) is 10.7. The highest BCUT2D eigenvalue weighted by molar-refractivity contribution is 7.13. The SMILES string of the molecule is O=C(O)c1cccc(-c2nc(-c3ccc(F)cn3)cs2)c1. The van der Waals surface area contributed by atoms with Crippen molar-refractivity contribution in [3.8, 4) is 22.0 Å². The first-order valence-corrected chi connectivity index (χ1v) is 6.92. The molecule has 104 valence electrons. The lowest BCUT2D eigenvalue weighted by Gasteiger charge is -1.99. The largest absolute Gasteiger partial charge is 0.478 e. The minimum absolute atomic E-state index is 0.212. The molecule has 0 saturated heterocycles. The van der Waals surface area contributed by atoms with Crippen molar-refractivity contribution >= 4 is 17.3 Å². The molecule has 0 fully saturated rings. The zero-order chi connectivity index (χ0) is 14.8. The van der Waals surface area contributed by atoms with Gasteiger partial charge in [-0.25, -0.2) is 14.2 Å². The zero-order valence-corrected chi connectivity index (χ0v) is 11.5. The van der Waals surface area contributed by atoms with Crippen molar-refractivity contribution < 1.29 is 14.3 Å². The Hall–Kier alpha value is -2.60. The van der Waals surface area contributed by atoms with E-state index >= 15 is 0 Å². The van der Waals surface area contributed by atoms with Crippen LogP contribution in [-0.4, -0.2) is 21.0 Å². The van der Waals surface area contributed by atoms with E-state index in [1.807, 2.05) is 5.38 Å². The summed E-state index contributed by atoms with van der Waals surface area (Å²) in [5.41, 5.74) is 2.15. The van der Waals surface area contributed by atoms with Crippen LogP contribution in [0.1, 0.15) is 10.4 Å². The Kier molecular flexibility index (Phi) is 3.45. The highest BCUT2D eigenvalue weighted by Gasteiger charge is 2.10. The Morgan fingerprint density at radius 3 is 2.76 bits per heavy atom. The first kappa shape index (κ1) is 13.4. The van der Waals surface area contributed by atoms with Crippen LogP contribution in [0.25, 0.3) is 22.0 Å². The molecule has 0 unspecified atom stereocenters. The van der Waals surface area contributed by atoms with E-state index in [0.717, 1.165) is 11.8 Å². The van der Waals surface area contributed by atoms with E-state index in [2.05, 4.69) is 9.97 Å². The van der Waals surface area contributed by atoms with Crippen LogP contribution in [-0.2, 0) is 0 Å². The van der Waals surface area contributed by atoms with Crippen molar-refractivity contribution in [2.45, 2.75) is 0 Å². The predicted octanol–water partition coefficient (Wildman–Crippen LogP) is 3.71. The van der Waals surface area contributed by atoms with Gasteiger partial charge in [0.15, 0.2) is 0 Å². The molecule has 0 aliphatic carbocycles. The van der Waals surface area contributed by atoms with Crippen LogP contribution in [0, 0.1) is 5.82 Å². The monoisotopic (exact) mass is 300 g/mol. The molecule has 0 atom stereocenters. The maximum absolute atomic E-state index is 12.9. The number of carbonyl (C=O) groups is 1. The van der Waals surface area contributed by atoms with Crippen LogP contribution in [0.15, 0.2) is 48.0 Å². The van der Waals surface area contributed by atoms with Gasteiger partial charge in [-0.05, 0) is 24.3 Å². The van der Waals surface area contributed by atoms with Gasteiger partial charge >= 0.3 is 5.97 Å². The molecule has 0 aliphatic rings. The highest BCUT2D eigenvalue weighted by atomic mass is 32.1. The number of aromatic nitrogens is 2. The number of hydrogen-bond acceptors (Lipinski definition) is 4. The topological polar surface area (TPSA) is 63.1 Å². The summed E-state index contributed by atoms with van der Waals surface area (Å²) in [6.07, 6.45) is 1.14. The molecule has 4 nitrogen and oxygen atoms in total. The second-order valence-corrected chi connectivity index (χ2v) is 5.14. The molecular formula is C15H9FN2O2S. The summed E-state index contributed by atoms with van der Waals surface area (Å²) < 4.78 is 12.9. The number of pyridine rings is 1. The molecule has 3 aromatic rings. The number of benzene rings is 1. The second kappa shape index (κ2) is 5.41. The fourth-order valence-electron chi connectivity index (χ4n) is 1.84. The molecule has 1 N–H and O–H groups in total. The van der Waals surface area contributed by atoms with Crippen molar-refractivity contribution in [3.63, 3.8) is 0 Å². The quantitative estimate of drug-likeness (QED) is 0.801. The van der Waals surface area contributed by atoms with Crippen molar-refractivity contribution in [1.82, 2.24) is 9.97 Å². The minimum Gasteiger partial charge on any atom is -0.478 e. The molecule has 0 amide bonds. The van der Waals surface area contributed by atoms with Crippen molar-refractivity contribution in [2.24, 2.45) is 0 Å². The summed E-state index contributed by atoms with van der Waals surface area (Å²) in [5, 5.41) is 11.5. The number of nitrogens with zero attached hydrogens (tertiary/aromatic N) is 2. The molecule has 0 spiro atoms. The van der Waals surface area contributed by atoms with Crippen LogP contribution >= 0.6 is 11.3 Å². The average Bonchev–Trinajstić information content (AvgIpc) is 2.98. The number of rotatable bonds is 3. The van der Waals surface area contributed by atoms with E-state index in [-0.39, 0.29) is 5.56 Å². The summed E-state index contributed by atoms with van der Waals surface area (Å²) >= 11 is 1.38.